The van der Waals surface area contributed by atoms with Crippen molar-refractivity contribution < 1.29 is 14.6 Å². The molecule has 86 valence electrons. The van der Waals surface area contributed by atoms with Gasteiger partial charge in [0.05, 0.1) is 19.8 Å². The fraction of sp³-hybridized carbons (Fsp3) is 0.200. The predicted octanol–water partition coefficient (Wildman–Crippen LogP) is -1.61. The van der Waals surface area contributed by atoms with Crippen LogP contribution < -0.4 is 26.0 Å². The molecule has 0 bridgehead atoms. The summed E-state index contributed by atoms with van der Waals surface area (Å²) >= 11 is 0. The first kappa shape index (κ1) is 11.8. The molecule has 6 heteroatoms. The number of ether oxygens (including phenoxy) is 2. The van der Waals surface area contributed by atoms with Gasteiger partial charge >= 0.3 is 0 Å². The molecule has 0 amide bonds. The molecule has 0 fully saturated rings. The maximum Gasteiger partial charge on any atom is 0.256 e. The lowest BCUT2D eigenvalue weighted by molar-refractivity contribution is -0.456. The molecule has 6 nitrogen and oxygen atoms in total. The molecule has 0 heterocycles. The van der Waals surface area contributed by atoms with Crippen molar-refractivity contribution in [3.05, 3.63) is 23.8 Å². The van der Waals surface area contributed by atoms with E-state index >= 15 is 0 Å². The highest BCUT2D eigenvalue weighted by Gasteiger charge is 2.04. The average Bonchev–Trinajstić information content (AvgIpc) is 2.29. The van der Waals surface area contributed by atoms with E-state index in [1.807, 2.05) is 12.1 Å². The topological polar surface area (TPSA) is 96.8 Å². The molecular formula is C10H15N4O2+. The van der Waals surface area contributed by atoms with Crippen LogP contribution in [0, 0.1) is 0 Å². The predicted molar refractivity (Wildman–Crippen MR) is 61.5 cm³/mol. The van der Waals surface area contributed by atoms with Crippen LogP contribution in [0.4, 0.5) is 0 Å². The maximum atomic E-state index is 5.18. The Kier molecular flexibility index (Phi) is 4.14. The summed E-state index contributed by atoms with van der Waals surface area (Å²) in [5.41, 5.74) is 11.1. The van der Waals surface area contributed by atoms with Crippen LogP contribution in [0.2, 0.25) is 0 Å². The minimum absolute atomic E-state index is 0.0382. The summed E-state index contributed by atoms with van der Waals surface area (Å²) in [5.74, 6) is 1.34. The molecule has 16 heavy (non-hydrogen) atoms. The first-order valence-electron chi connectivity index (χ1n) is 4.56. The van der Waals surface area contributed by atoms with Crippen molar-refractivity contribution >= 4 is 12.2 Å². The van der Waals surface area contributed by atoms with Crippen molar-refractivity contribution in [3.8, 4) is 11.5 Å². The maximum absolute atomic E-state index is 5.18. The van der Waals surface area contributed by atoms with E-state index in [1.54, 1.807) is 26.5 Å². The van der Waals surface area contributed by atoms with E-state index in [9.17, 15) is 0 Å². The number of nitrogens with zero attached hydrogens (tertiary/aromatic N) is 1. The standard InChI is InChI=1S/C10H14N4O2/c1-15-8-4-3-7(9(5-8)16-2)6-13-14-10(11)12/h3-6H,1-2H3,(H4,11,12,14)/p+1/b13-6+. The van der Waals surface area contributed by atoms with Crippen molar-refractivity contribution in [3.63, 3.8) is 0 Å². The number of nitrogens with one attached hydrogen (secondary N) is 1. The molecule has 1 aromatic rings. The molecule has 0 aromatic heterocycles. The lowest BCUT2D eigenvalue weighted by atomic mass is 10.2. The smallest absolute Gasteiger partial charge is 0.256 e. The van der Waals surface area contributed by atoms with Crippen molar-refractivity contribution in [2.45, 2.75) is 0 Å². The van der Waals surface area contributed by atoms with Gasteiger partial charge in [-0.3, -0.25) is 0 Å². The Hall–Kier alpha value is -2.24. The van der Waals surface area contributed by atoms with Crippen LogP contribution in [0.25, 0.3) is 0 Å². The van der Waals surface area contributed by atoms with E-state index in [4.69, 9.17) is 20.9 Å². The van der Waals surface area contributed by atoms with Gasteiger partial charge < -0.3 is 20.9 Å². The second-order valence-corrected chi connectivity index (χ2v) is 2.92. The van der Waals surface area contributed by atoms with E-state index in [0.717, 1.165) is 11.3 Å². The van der Waals surface area contributed by atoms with Gasteiger partial charge in [0.25, 0.3) is 5.96 Å². The monoisotopic (exact) mass is 223 g/mol. The summed E-state index contributed by atoms with van der Waals surface area (Å²) in [6.45, 7) is 0. The quantitative estimate of drug-likeness (QED) is 0.325. The van der Waals surface area contributed by atoms with Crippen LogP contribution in [0.5, 0.6) is 11.5 Å². The summed E-state index contributed by atoms with van der Waals surface area (Å²) in [5, 5.41) is 6.22. The van der Waals surface area contributed by atoms with Crippen LogP contribution >= 0.6 is 0 Å². The molecule has 0 radical (unpaired) electrons. The Morgan fingerprint density at radius 3 is 2.62 bits per heavy atom. The van der Waals surface area contributed by atoms with Gasteiger partial charge in [-0.05, 0) is 12.1 Å². The van der Waals surface area contributed by atoms with Gasteiger partial charge in [-0.25, -0.2) is 0 Å². The van der Waals surface area contributed by atoms with Crippen molar-refractivity contribution in [1.29, 1.82) is 0 Å². The molecule has 0 atom stereocenters. The Morgan fingerprint density at radius 1 is 1.31 bits per heavy atom. The van der Waals surface area contributed by atoms with E-state index in [1.165, 1.54) is 0 Å². The van der Waals surface area contributed by atoms with E-state index in [2.05, 4.69) is 10.2 Å². The number of hydrogen-bond donors (Lipinski definition) is 3. The third-order valence-corrected chi connectivity index (χ3v) is 1.85. The molecule has 5 N–H and O–H groups in total. The second-order valence-electron chi connectivity index (χ2n) is 2.92. The Bertz CT molecular complexity index is 411. The Balaban J connectivity index is 2.96. The molecular weight excluding hydrogens is 208 g/mol. The van der Waals surface area contributed by atoms with Crippen LogP contribution in [0.1, 0.15) is 5.56 Å². The minimum Gasteiger partial charge on any atom is -0.497 e. The van der Waals surface area contributed by atoms with Gasteiger partial charge in [0.15, 0.2) is 0 Å². The van der Waals surface area contributed by atoms with E-state index in [0.29, 0.717) is 5.75 Å². The van der Waals surface area contributed by atoms with Crippen LogP contribution in [-0.4, -0.2) is 26.4 Å². The number of nitrogens with two attached hydrogens (primary N) is 2. The molecule has 0 aliphatic rings. The molecule has 0 aliphatic carbocycles. The van der Waals surface area contributed by atoms with Crippen molar-refractivity contribution in [1.82, 2.24) is 0 Å². The van der Waals surface area contributed by atoms with Gasteiger partial charge in [0.2, 0.25) is 6.21 Å². The zero-order valence-electron chi connectivity index (χ0n) is 9.23. The van der Waals surface area contributed by atoms with E-state index < -0.39 is 0 Å². The molecule has 0 spiro atoms. The first-order chi connectivity index (χ1) is 7.67. The summed E-state index contributed by atoms with van der Waals surface area (Å²) in [6, 6.07) is 5.40. The second kappa shape index (κ2) is 5.59. The molecule has 1 rings (SSSR count). The van der Waals surface area contributed by atoms with Crippen molar-refractivity contribution in [2.75, 3.05) is 14.2 Å². The molecule has 0 aliphatic heterocycles. The van der Waals surface area contributed by atoms with Gasteiger partial charge in [-0.1, -0.05) is 0 Å². The first-order valence-corrected chi connectivity index (χ1v) is 4.56. The largest absolute Gasteiger partial charge is 0.497 e. The summed E-state index contributed by atoms with van der Waals surface area (Å²) in [6.07, 6.45) is 1.62. The highest BCUT2D eigenvalue weighted by atomic mass is 16.5. The van der Waals surface area contributed by atoms with Gasteiger partial charge in [-0.2, -0.15) is 0 Å². The zero-order chi connectivity index (χ0) is 12.0. The Morgan fingerprint density at radius 2 is 2.06 bits per heavy atom. The highest BCUT2D eigenvalue weighted by molar-refractivity contribution is 5.80. The minimum atomic E-state index is -0.0382. The number of benzene rings is 1. The fourth-order valence-electron chi connectivity index (χ4n) is 1.11. The third-order valence-electron chi connectivity index (χ3n) is 1.85. The summed E-state index contributed by atoms with van der Waals surface area (Å²) in [4.78, 5) is 0. The molecule has 0 saturated carbocycles. The number of hydrazone groups is 1. The van der Waals surface area contributed by atoms with Crippen LogP contribution in [-0.2, 0) is 0 Å². The lowest BCUT2D eigenvalue weighted by Crippen LogP contribution is -2.63. The Labute approximate surface area is 93.6 Å². The lowest BCUT2D eigenvalue weighted by Gasteiger charge is -2.04. The highest BCUT2D eigenvalue weighted by Crippen LogP contribution is 2.22. The summed E-state index contributed by atoms with van der Waals surface area (Å²) < 4.78 is 10.3. The summed E-state index contributed by atoms with van der Waals surface area (Å²) in [7, 11) is 3.17. The number of methoxy groups -OCH3 is 2. The van der Waals surface area contributed by atoms with Gasteiger partial charge in [-0.15, -0.1) is 5.10 Å². The van der Waals surface area contributed by atoms with Gasteiger partial charge in [0.1, 0.15) is 11.5 Å². The van der Waals surface area contributed by atoms with Crippen LogP contribution in [0.15, 0.2) is 23.3 Å². The fourth-order valence-corrected chi connectivity index (χ4v) is 1.11. The van der Waals surface area contributed by atoms with Crippen molar-refractivity contribution in [2.24, 2.45) is 16.6 Å². The molecule has 1 aromatic carbocycles. The SMILES string of the molecule is COc1ccc(/C=[NH+]/N=C(N)N)c(OC)c1. The normalized spacial score (nSPS) is 10.1. The third kappa shape index (κ3) is 3.16. The number of guanidine groups is 1. The van der Waals surface area contributed by atoms with E-state index in [-0.39, 0.29) is 5.96 Å². The zero-order valence-corrected chi connectivity index (χ0v) is 9.23. The number of hydrogen-bond acceptors (Lipinski definition) is 3. The molecule has 0 saturated heterocycles. The average molecular weight is 223 g/mol. The van der Waals surface area contributed by atoms with Crippen LogP contribution in [0.3, 0.4) is 0 Å². The van der Waals surface area contributed by atoms with Gasteiger partial charge in [0, 0.05) is 11.2 Å². The molecule has 0 unspecified atom stereocenters. The number of rotatable bonds is 4.